The van der Waals surface area contributed by atoms with Crippen LogP contribution in [-0.4, -0.2) is 24.1 Å². The van der Waals surface area contributed by atoms with Crippen LogP contribution in [0.2, 0.25) is 5.15 Å². The number of aromatic nitrogens is 1. The van der Waals surface area contributed by atoms with Crippen LogP contribution in [0.3, 0.4) is 0 Å². The Morgan fingerprint density at radius 1 is 1.50 bits per heavy atom. The average molecular weight is 290 g/mol. The summed E-state index contributed by atoms with van der Waals surface area (Å²) in [6, 6.07) is 9.26. The summed E-state index contributed by atoms with van der Waals surface area (Å²) in [4.78, 5) is 15.6. The smallest absolute Gasteiger partial charge is 0.325 e. The van der Waals surface area contributed by atoms with Gasteiger partial charge in [0.2, 0.25) is 0 Å². The number of pyridine rings is 1. The fourth-order valence-corrected chi connectivity index (χ4v) is 2.07. The third kappa shape index (κ3) is 2.81. The second-order valence-corrected chi connectivity index (χ2v) is 4.30. The minimum absolute atomic E-state index is 0.0349. The maximum Gasteiger partial charge on any atom is 0.325 e. The lowest BCUT2D eigenvalue weighted by molar-refractivity contribution is -0.140. The van der Waals surface area contributed by atoms with Crippen molar-refractivity contribution in [2.24, 2.45) is 0 Å². The van der Waals surface area contributed by atoms with Crippen LogP contribution in [0.5, 0.6) is 0 Å². The standard InChI is InChI=1S/C14H12ClN3O2/c1-2-20-12(19)8-17-13-9-5-3-4-6-11(9)18-14(15)10(13)7-16/h3-6H,2,8H2,1H3,(H,17,18). The van der Waals surface area contributed by atoms with Gasteiger partial charge in [-0.2, -0.15) is 5.26 Å². The van der Waals surface area contributed by atoms with Crippen LogP contribution in [0.4, 0.5) is 5.69 Å². The number of para-hydroxylation sites is 1. The van der Waals surface area contributed by atoms with E-state index in [2.05, 4.69) is 10.3 Å². The Labute approximate surface area is 121 Å². The summed E-state index contributed by atoms with van der Waals surface area (Å²) in [5, 5.41) is 13.0. The number of nitriles is 1. The molecule has 0 saturated carbocycles. The predicted molar refractivity (Wildman–Crippen MR) is 76.6 cm³/mol. The second-order valence-electron chi connectivity index (χ2n) is 3.94. The molecule has 0 saturated heterocycles. The van der Waals surface area contributed by atoms with E-state index in [1.165, 1.54) is 0 Å². The van der Waals surface area contributed by atoms with Crippen LogP contribution in [0.15, 0.2) is 24.3 Å². The molecule has 102 valence electrons. The third-order valence-corrected chi connectivity index (χ3v) is 2.95. The fraction of sp³-hybridized carbons (Fsp3) is 0.214. The third-order valence-electron chi connectivity index (χ3n) is 2.67. The summed E-state index contributed by atoms with van der Waals surface area (Å²) < 4.78 is 4.85. The maximum atomic E-state index is 11.4. The quantitative estimate of drug-likeness (QED) is 0.692. The Bertz CT molecular complexity index is 695. The molecule has 1 N–H and O–H groups in total. The zero-order valence-electron chi connectivity index (χ0n) is 10.8. The molecule has 0 radical (unpaired) electrons. The Morgan fingerprint density at radius 2 is 2.25 bits per heavy atom. The Morgan fingerprint density at radius 3 is 2.95 bits per heavy atom. The number of carbonyl (C=O) groups is 1. The lowest BCUT2D eigenvalue weighted by atomic mass is 10.1. The van der Waals surface area contributed by atoms with E-state index in [1.54, 1.807) is 13.0 Å². The van der Waals surface area contributed by atoms with E-state index in [0.717, 1.165) is 5.39 Å². The molecule has 6 heteroatoms. The fourth-order valence-electron chi connectivity index (χ4n) is 1.84. The molecule has 2 rings (SSSR count). The zero-order valence-corrected chi connectivity index (χ0v) is 11.6. The molecule has 0 aliphatic rings. The van der Waals surface area contributed by atoms with E-state index < -0.39 is 5.97 Å². The van der Waals surface area contributed by atoms with E-state index in [0.29, 0.717) is 17.8 Å². The summed E-state index contributed by atoms with van der Waals surface area (Å²) in [6.45, 7) is 2.01. The minimum Gasteiger partial charge on any atom is -0.465 e. The van der Waals surface area contributed by atoms with Crippen molar-refractivity contribution in [1.29, 1.82) is 5.26 Å². The van der Waals surface area contributed by atoms with Gasteiger partial charge in [-0.1, -0.05) is 29.8 Å². The molecule has 5 nitrogen and oxygen atoms in total. The highest BCUT2D eigenvalue weighted by Gasteiger charge is 2.14. The van der Waals surface area contributed by atoms with Crippen molar-refractivity contribution in [2.45, 2.75) is 6.92 Å². The minimum atomic E-state index is -0.395. The second kappa shape index (κ2) is 6.22. The van der Waals surface area contributed by atoms with Crippen molar-refractivity contribution < 1.29 is 9.53 Å². The molecular weight excluding hydrogens is 278 g/mol. The van der Waals surface area contributed by atoms with Gasteiger partial charge < -0.3 is 10.1 Å². The molecule has 1 aromatic heterocycles. The normalized spacial score (nSPS) is 10.1. The van der Waals surface area contributed by atoms with Gasteiger partial charge in [0.1, 0.15) is 23.3 Å². The molecule has 0 atom stereocenters. The number of ether oxygens (including phenoxy) is 1. The van der Waals surface area contributed by atoms with Crippen molar-refractivity contribution in [3.63, 3.8) is 0 Å². The van der Waals surface area contributed by atoms with Crippen molar-refractivity contribution in [3.8, 4) is 6.07 Å². The van der Waals surface area contributed by atoms with Gasteiger partial charge in [0.25, 0.3) is 0 Å². The van der Waals surface area contributed by atoms with Crippen molar-refractivity contribution in [1.82, 2.24) is 4.98 Å². The van der Waals surface area contributed by atoms with Crippen LogP contribution in [0.1, 0.15) is 12.5 Å². The summed E-state index contributed by atoms with van der Waals surface area (Å²) in [7, 11) is 0. The molecule has 2 aromatic rings. The monoisotopic (exact) mass is 289 g/mol. The number of fused-ring (bicyclic) bond motifs is 1. The van der Waals surface area contributed by atoms with Crippen molar-refractivity contribution in [3.05, 3.63) is 35.0 Å². The van der Waals surface area contributed by atoms with Gasteiger partial charge in [0, 0.05) is 5.39 Å². The lowest BCUT2D eigenvalue weighted by Crippen LogP contribution is -2.17. The highest BCUT2D eigenvalue weighted by Crippen LogP contribution is 2.30. The van der Waals surface area contributed by atoms with Gasteiger partial charge in [-0.15, -0.1) is 0 Å². The van der Waals surface area contributed by atoms with E-state index in [4.69, 9.17) is 16.3 Å². The number of esters is 1. The number of carbonyl (C=O) groups excluding carboxylic acids is 1. The number of anilines is 1. The number of hydrogen-bond donors (Lipinski definition) is 1. The summed E-state index contributed by atoms with van der Waals surface area (Å²) >= 11 is 6.00. The van der Waals surface area contributed by atoms with Crippen LogP contribution in [-0.2, 0) is 9.53 Å². The van der Waals surface area contributed by atoms with Crippen LogP contribution < -0.4 is 5.32 Å². The number of nitrogens with one attached hydrogen (secondary N) is 1. The molecule has 0 amide bonds. The number of rotatable bonds is 4. The van der Waals surface area contributed by atoms with Crippen LogP contribution in [0.25, 0.3) is 10.9 Å². The predicted octanol–water partition coefficient (Wildman–Crippen LogP) is 2.73. The Balaban J connectivity index is 2.44. The first kappa shape index (κ1) is 14.1. The molecule has 0 bridgehead atoms. The number of halogens is 1. The molecule has 1 heterocycles. The zero-order chi connectivity index (χ0) is 14.5. The first-order valence-electron chi connectivity index (χ1n) is 6.05. The topological polar surface area (TPSA) is 75.0 Å². The molecular formula is C14H12ClN3O2. The van der Waals surface area contributed by atoms with E-state index in [9.17, 15) is 10.1 Å². The van der Waals surface area contributed by atoms with Gasteiger partial charge in [0.05, 0.1) is 17.8 Å². The molecule has 0 unspecified atom stereocenters. The van der Waals surface area contributed by atoms with Crippen LogP contribution >= 0.6 is 11.6 Å². The summed E-state index contributed by atoms with van der Waals surface area (Å²) in [5.74, 6) is -0.395. The molecule has 0 aliphatic heterocycles. The largest absolute Gasteiger partial charge is 0.465 e. The molecule has 0 fully saturated rings. The summed E-state index contributed by atoms with van der Waals surface area (Å²) in [6.07, 6.45) is 0. The lowest BCUT2D eigenvalue weighted by Gasteiger charge is -2.11. The number of nitrogens with zero attached hydrogens (tertiary/aromatic N) is 2. The first-order valence-corrected chi connectivity index (χ1v) is 6.43. The SMILES string of the molecule is CCOC(=O)CNc1c(C#N)c(Cl)nc2ccccc12. The highest BCUT2D eigenvalue weighted by molar-refractivity contribution is 6.31. The molecule has 0 aliphatic carbocycles. The maximum absolute atomic E-state index is 11.4. The van der Waals surface area contributed by atoms with Gasteiger partial charge >= 0.3 is 5.97 Å². The Hall–Kier alpha value is -2.32. The highest BCUT2D eigenvalue weighted by atomic mass is 35.5. The number of hydrogen-bond acceptors (Lipinski definition) is 5. The van der Waals surface area contributed by atoms with E-state index >= 15 is 0 Å². The van der Waals surface area contributed by atoms with E-state index in [1.807, 2.05) is 24.3 Å². The van der Waals surface area contributed by atoms with Gasteiger partial charge in [-0.3, -0.25) is 4.79 Å². The van der Waals surface area contributed by atoms with Crippen molar-refractivity contribution in [2.75, 3.05) is 18.5 Å². The van der Waals surface area contributed by atoms with E-state index in [-0.39, 0.29) is 17.3 Å². The number of benzene rings is 1. The van der Waals surface area contributed by atoms with Crippen molar-refractivity contribution >= 4 is 34.2 Å². The molecule has 0 spiro atoms. The van der Waals surface area contributed by atoms with Gasteiger partial charge in [-0.25, -0.2) is 4.98 Å². The average Bonchev–Trinajstić information content (AvgIpc) is 2.44. The van der Waals surface area contributed by atoms with Gasteiger partial charge in [-0.05, 0) is 13.0 Å². The molecule has 20 heavy (non-hydrogen) atoms. The van der Waals surface area contributed by atoms with Gasteiger partial charge in [0.15, 0.2) is 0 Å². The Kier molecular flexibility index (Phi) is 4.38. The molecule has 1 aromatic carbocycles. The summed E-state index contributed by atoms with van der Waals surface area (Å²) in [5.41, 5.74) is 1.37. The first-order chi connectivity index (χ1) is 9.67. The van der Waals surface area contributed by atoms with Crippen LogP contribution in [0, 0.1) is 11.3 Å².